The Kier molecular flexibility index (Phi) is 3.52. The van der Waals surface area contributed by atoms with Gasteiger partial charge in [-0.3, -0.25) is 4.79 Å². The van der Waals surface area contributed by atoms with Crippen LogP contribution in [-0.4, -0.2) is 26.7 Å². The number of carbonyl (C=O) groups excluding carboxylic acids is 1. The zero-order valence-corrected chi connectivity index (χ0v) is 12.1. The lowest BCUT2D eigenvalue weighted by Crippen LogP contribution is -2.29. The largest absolute Gasteiger partial charge is 0.497 e. The molecule has 0 saturated carbocycles. The van der Waals surface area contributed by atoms with Gasteiger partial charge in [-0.15, -0.1) is 0 Å². The van der Waals surface area contributed by atoms with E-state index in [1.165, 1.54) is 5.56 Å². The fraction of sp³-hybridized carbons (Fsp3) is 0.235. The van der Waals surface area contributed by atoms with Crippen LogP contribution in [0.2, 0.25) is 0 Å². The van der Waals surface area contributed by atoms with Crippen molar-refractivity contribution in [2.75, 3.05) is 25.7 Å². The number of carbonyl (C=O) groups is 1. The quantitative estimate of drug-likeness (QED) is 0.869. The van der Waals surface area contributed by atoms with E-state index < -0.39 is 0 Å². The van der Waals surface area contributed by atoms with E-state index in [0.717, 1.165) is 12.1 Å². The van der Waals surface area contributed by atoms with Crippen LogP contribution in [0.4, 0.5) is 5.69 Å². The summed E-state index contributed by atoms with van der Waals surface area (Å²) in [5.41, 5.74) is 2.70. The average Bonchev–Trinajstić information content (AvgIpc) is 2.97. The maximum absolute atomic E-state index is 12.8. The summed E-state index contributed by atoms with van der Waals surface area (Å²) in [5.74, 6) is 1.15. The van der Waals surface area contributed by atoms with Gasteiger partial charge in [0.2, 0.25) is 0 Å². The summed E-state index contributed by atoms with van der Waals surface area (Å²) in [4.78, 5) is 14.6. The minimum absolute atomic E-state index is 0.0595. The molecule has 0 fully saturated rings. The molecule has 0 N–H and O–H groups in total. The van der Waals surface area contributed by atoms with Gasteiger partial charge in [0.1, 0.15) is 11.5 Å². The fourth-order valence-corrected chi connectivity index (χ4v) is 2.68. The Bertz CT molecular complexity index is 681. The third kappa shape index (κ3) is 2.33. The molecule has 2 aromatic carbocycles. The Hall–Kier alpha value is -2.49. The molecule has 0 radical (unpaired) electrons. The Morgan fingerprint density at radius 2 is 1.90 bits per heavy atom. The first kappa shape index (κ1) is 13.5. The number of fused-ring (bicyclic) bond motifs is 1. The standard InChI is InChI=1S/C17H17NO3/c1-20-13-7-8-16(21-2)14(11-13)17(19)18-10-9-12-5-3-4-6-15(12)18/h3-8,11H,9-10H2,1-2H3. The minimum Gasteiger partial charge on any atom is -0.497 e. The zero-order valence-electron chi connectivity index (χ0n) is 12.1. The first-order valence-electron chi connectivity index (χ1n) is 6.86. The van der Waals surface area contributed by atoms with Crippen molar-refractivity contribution < 1.29 is 14.3 Å². The number of amides is 1. The van der Waals surface area contributed by atoms with E-state index in [4.69, 9.17) is 9.47 Å². The highest BCUT2D eigenvalue weighted by Crippen LogP contribution is 2.32. The second kappa shape index (κ2) is 5.48. The Labute approximate surface area is 123 Å². The molecule has 4 nitrogen and oxygen atoms in total. The van der Waals surface area contributed by atoms with Crippen LogP contribution in [0.3, 0.4) is 0 Å². The van der Waals surface area contributed by atoms with E-state index in [1.807, 2.05) is 18.2 Å². The number of ether oxygens (including phenoxy) is 2. The van der Waals surface area contributed by atoms with Crippen LogP contribution in [0.25, 0.3) is 0 Å². The molecule has 0 aromatic heterocycles. The number of nitrogens with zero attached hydrogens (tertiary/aromatic N) is 1. The van der Waals surface area contributed by atoms with Gasteiger partial charge >= 0.3 is 0 Å². The van der Waals surface area contributed by atoms with Crippen molar-refractivity contribution in [1.82, 2.24) is 0 Å². The van der Waals surface area contributed by atoms with E-state index in [-0.39, 0.29) is 5.91 Å². The lowest BCUT2D eigenvalue weighted by Gasteiger charge is -2.19. The van der Waals surface area contributed by atoms with Gasteiger partial charge in [0.25, 0.3) is 5.91 Å². The smallest absolute Gasteiger partial charge is 0.262 e. The summed E-state index contributed by atoms with van der Waals surface area (Å²) in [5, 5.41) is 0. The predicted octanol–water partition coefficient (Wildman–Crippen LogP) is 2.91. The Morgan fingerprint density at radius 1 is 1.10 bits per heavy atom. The topological polar surface area (TPSA) is 38.8 Å². The van der Waals surface area contributed by atoms with E-state index in [0.29, 0.717) is 23.6 Å². The molecule has 0 saturated heterocycles. The number of hydrogen-bond donors (Lipinski definition) is 0. The van der Waals surface area contributed by atoms with Crippen LogP contribution in [0, 0.1) is 0 Å². The molecule has 1 aliphatic heterocycles. The van der Waals surface area contributed by atoms with E-state index in [1.54, 1.807) is 37.3 Å². The van der Waals surface area contributed by atoms with Crippen LogP contribution in [0.1, 0.15) is 15.9 Å². The summed E-state index contributed by atoms with van der Waals surface area (Å²) in [7, 11) is 3.15. The van der Waals surface area contributed by atoms with Crippen LogP contribution in [0.15, 0.2) is 42.5 Å². The third-order valence-corrected chi connectivity index (χ3v) is 3.77. The van der Waals surface area contributed by atoms with Crippen molar-refractivity contribution in [3.05, 3.63) is 53.6 Å². The van der Waals surface area contributed by atoms with Crippen LogP contribution in [0.5, 0.6) is 11.5 Å². The first-order chi connectivity index (χ1) is 10.2. The van der Waals surface area contributed by atoms with Gasteiger partial charge in [-0.05, 0) is 36.2 Å². The molecular weight excluding hydrogens is 266 g/mol. The van der Waals surface area contributed by atoms with E-state index in [9.17, 15) is 4.79 Å². The highest BCUT2D eigenvalue weighted by molar-refractivity contribution is 6.09. The number of para-hydroxylation sites is 1. The van der Waals surface area contributed by atoms with Crippen molar-refractivity contribution in [2.24, 2.45) is 0 Å². The molecule has 0 unspecified atom stereocenters. The molecule has 1 heterocycles. The average molecular weight is 283 g/mol. The molecule has 108 valence electrons. The molecule has 0 aliphatic carbocycles. The van der Waals surface area contributed by atoms with E-state index in [2.05, 4.69) is 6.07 Å². The second-order valence-corrected chi connectivity index (χ2v) is 4.90. The molecule has 0 bridgehead atoms. The fourth-order valence-electron chi connectivity index (χ4n) is 2.68. The van der Waals surface area contributed by atoms with Gasteiger partial charge < -0.3 is 14.4 Å². The Balaban J connectivity index is 2.00. The lowest BCUT2D eigenvalue weighted by atomic mass is 10.1. The van der Waals surface area contributed by atoms with Gasteiger partial charge in [0, 0.05) is 12.2 Å². The number of methoxy groups -OCH3 is 2. The maximum Gasteiger partial charge on any atom is 0.262 e. The van der Waals surface area contributed by atoms with Gasteiger partial charge in [-0.1, -0.05) is 18.2 Å². The number of anilines is 1. The summed E-state index contributed by atoms with van der Waals surface area (Å²) >= 11 is 0. The van der Waals surface area contributed by atoms with Crippen LogP contribution < -0.4 is 14.4 Å². The lowest BCUT2D eigenvalue weighted by molar-refractivity contribution is 0.0986. The van der Waals surface area contributed by atoms with Crippen molar-refractivity contribution in [3.8, 4) is 11.5 Å². The Morgan fingerprint density at radius 3 is 2.67 bits per heavy atom. The highest BCUT2D eigenvalue weighted by atomic mass is 16.5. The first-order valence-corrected chi connectivity index (χ1v) is 6.86. The molecule has 3 rings (SSSR count). The van der Waals surface area contributed by atoms with Gasteiger partial charge in [0.15, 0.2) is 0 Å². The van der Waals surface area contributed by atoms with Crippen molar-refractivity contribution in [2.45, 2.75) is 6.42 Å². The van der Waals surface area contributed by atoms with Crippen LogP contribution >= 0.6 is 0 Å². The normalized spacial score (nSPS) is 13.0. The monoisotopic (exact) mass is 283 g/mol. The molecule has 0 spiro atoms. The summed E-state index contributed by atoms with van der Waals surface area (Å²) in [6.45, 7) is 0.693. The van der Waals surface area contributed by atoms with Crippen molar-refractivity contribution in [1.29, 1.82) is 0 Å². The van der Waals surface area contributed by atoms with Gasteiger partial charge in [0.05, 0.1) is 19.8 Å². The van der Waals surface area contributed by atoms with Crippen LogP contribution in [-0.2, 0) is 6.42 Å². The summed E-state index contributed by atoms with van der Waals surface area (Å²) in [6.07, 6.45) is 0.883. The minimum atomic E-state index is -0.0595. The zero-order chi connectivity index (χ0) is 14.8. The third-order valence-electron chi connectivity index (χ3n) is 3.77. The second-order valence-electron chi connectivity index (χ2n) is 4.90. The predicted molar refractivity (Wildman–Crippen MR) is 81.4 cm³/mol. The van der Waals surface area contributed by atoms with Gasteiger partial charge in [-0.2, -0.15) is 0 Å². The molecular formula is C17H17NO3. The highest BCUT2D eigenvalue weighted by Gasteiger charge is 2.27. The summed E-state index contributed by atoms with van der Waals surface area (Å²) in [6, 6.07) is 13.3. The molecule has 1 amide bonds. The maximum atomic E-state index is 12.8. The number of benzene rings is 2. The SMILES string of the molecule is COc1ccc(OC)c(C(=O)N2CCc3ccccc32)c1. The summed E-state index contributed by atoms with van der Waals surface area (Å²) < 4.78 is 10.5. The molecule has 0 atom stereocenters. The number of hydrogen-bond acceptors (Lipinski definition) is 3. The molecule has 21 heavy (non-hydrogen) atoms. The molecule has 4 heteroatoms. The molecule has 1 aliphatic rings. The van der Waals surface area contributed by atoms with Crippen molar-refractivity contribution in [3.63, 3.8) is 0 Å². The number of rotatable bonds is 3. The molecule has 2 aromatic rings. The van der Waals surface area contributed by atoms with E-state index >= 15 is 0 Å². The van der Waals surface area contributed by atoms with Crippen molar-refractivity contribution >= 4 is 11.6 Å². The van der Waals surface area contributed by atoms with Gasteiger partial charge in [-0.25, -0.2) is 0 Å².